The Morgan fingerprint density at radius 2 is 2.07 bits per heavy atom. The van der Waals surface area contributed by atoms with Crippen molar-refractivity contribution in [2.45, 2.75) is 19.1 Å². The third-order valence-electron chi connectivity index (χ3n) is 4.00. The predicted octanol–water partition coefficient (Wildman–Crippen LogP) is 3.27. The minimum atomic E-state index is -1.08. The molecule has 1 aliphatic rings. The standard InChI is InChI=1S/C18H16ClF2N5O2/c1-18(5-12(7-21)28-17(22)26-18)13-4-10(2-3-14(13)19)25-16(27)15-9-23-11(6-20)8-24-15/h2-5,8-9H,6-7H2,1H3,(H2,22,26)(H,25,27)/t18-/m0/s1. The summed E-state index contributed by atoms with van der Waals surface area (Å²) >= 11 is 6.30. The van der Waals surface area contributed by atoms with Crippen molar-refractivity contribution in [1.29, 1.82) is 0 Å². The summed E-state index contributed by atoms with van der Waals surface area (Å²) in [4.78, 5) is 24.2. The van der Waals surface area contributed by atoms with Crippen LogP contribution in [-0.2, 0) is 17.0 Å². The number of hydrogen-bond donors (Lipinski definition) is 2. The van der Waals surface area contributed by atoms with Gasteiger partial charge in [-0.2, -0.15) is 0 Å². The van der Waals surface area contributed by atoms with Gasteiger partial charge in [0.2, 0.25) is 0 Å². The van der Waals surface area contributed by atoms with E-state index in [2.05, 4.69) is 20.3 Å². The summed E-state index contributed by atoms with van der Waals surface area (Å²) in [5, 5.41) is 3.00. The number of nitrogens with one attached hydrogen (secondary N) is 1. The maximum Gasteiger partial charge on any atom is 0.288 e. The van der Waals surface area contributed by atoms with Crippen molar-refractivity contribution in [1.82, 2.24) is 9.97 Å². The van der Waals surface area contributed by atoms with Crippen molar-refractivity contribution in [3.05, 3.63) is 64.4 Å². The van der Waals surface area contributed by atoms with E-state index in [-0.39, 0.29) is 23.2 Å². The second-order valence-electron chi connectivity index (χ2n) is 6.12. The molecule has 7 nitrogen and oxygen atoms in total. The summed E-state index contributed by atoms with van der Waals surface area (Å²) in [6.45, 7) is 0.0647. The molecule has 10 heteroatoms. The SMILES string of the molecule is C[C@@]1(c2cc(NC(=O)c3cnc(CF)cn3)ccc2Cl)C=C(CF)OC(N)=N1. The number of allylic oxidation sites excluding steroid dienone is 1. The van der Waals surface area contributed by atoms with E-state index in [1.807, 2.05) is 0 Å². The Kier molecular flexibility index (Phi) is 5.55. The summed E-state index contributed by atoms with van der Waals surface area (Å²) < 4.78 is 30.6. The molecule has 146 valence electrons. The van der Waals surface area contributed by atoms with Crippen LogP contribution < -0.4 is 11.1 Å². The van der Waals surface area contributed by atoms with Gasteiger partial charge in [-0.25, -0.2) is 18.8 Å². The Labute approximate surface area is 164 Å². The number of anilines is 1. The topological polar surface area (TPSA) is 102 Å². The van der Waals surface area contributed by atoms with Crippen LogP contribution in [0.25, 0.3) is 0 Å². The fourth-order valence-corrected chi connectivity index (χ4v) is 3.00. The highest BCUT2D eigenvalue weighted by Crippen LogP contribution is 2.37. The zero-order valence-electron chi connectivity index (χ0n) is 14.7. The number of aliphatic imine (C=N–C) groups is 1. The van der Waals surface area contributed by atoms with Gasteiger partial charge in [0.25, 0.3) is 11.9 Å². The van der Waals surface area contributed by atoms with Crippen molar-refractivity contribution >= 4 is 29.2 Å². The number of carbonyl (C=O) groups excluding carboxylic acids is 1. The number of alkyl halides is 2. The number of rotatable bonds is 5. The highest BCUT2D eigenvalue weighted by atomic mass is 35.5. The molecule has 0 radical (unpaired) electrons. The lowest BCUT2D eigenvalue weighted by Gasteiger charge is -2.28. The molecule has 2 heterocycles. The first kappa shape index (κ1) is 19.7. The summed E-state index contributed by atoms with van der Waals surface area (Å²) in [7, 11) is 0. The van der Waals surface area contributed by atoms with Gasteiger partial charge in [0, 0.05) is 16.3 Å². The minimum absolute atomic E-state index is 0.0173. The van der Waals surface area contributed by atoms with Gasteiger partial charge in [0.1, 0.15) is 30.3 Å². The van der Waals surface area contributed by atoms with Gasteiger partial charge < -0.3 is 15.8 Å². The first-order valence-corrected chi connectivity index (χ1v) is 8.51. The first-order chi connectivity index (χ1) is 13.3. The van der Waals surface area contributed by atoms with Crippen LogP contribution in [-0.4, -0.2) is 28.6 Å². The molecule has 0 spiro atoms. The number of ether oxygens (including phenoxy) is 1. The molecule has 0 unspecified atom stereocenters. The number of hydrogen-bond acceptors (Lipinski definition) is 6. The zero-order chi connectivity index (χ0) is 20.3. The molecule has 28 heavy (non-hydrogen) atoms. The smallest absolute Gasteiger partial charge is 0.288 e. The molecule has 1 amide bonds. The quantitative estimate of drug-likeness (QED) is 0.791. The fraction of sp³-hybridized carbons (Fsp3) is 0.222. The molecule has 2 aromatic rings. The maximum atomic E-state index is 13.1. The Morgan fingerprint density at radius 3 is 2.71 bits per heavy atom. The third kappa shape index (κ3) is 4.09. The molecule has 0 aliphatic carbocycles. The van der Waals surface area contributed by atoms with Crippen LogP contribution in [0, 0.1) is 0 Å². The number of carbonyl (C=O) groups is 1. The van der Waals surface area contributed by atoms with E-state index in [4.69, 9.17) is 22.1 Å². The number of amidine groups is 1. The third-order valence-corrected chi connectivity index (χ3v) is 4.33. The predicted molar refractivity (Wildman–Crippen MR) is 100 cm³/mol. The molecule has 0 saturated carbocycles. The average Bonchev–Trinajstić information content (AvgIpc) is 2.68. The molecule has 1 aliphatic heterocycles. The van der Waals surface area contributed by atoms with Crippen LogP contribution in [0.1, 0.15) is 28.7 Å². The van der Waals surface area contributed by atoms with Crippen LogP contribution in [0.15, 0.2) is 47.4 Å². The minimum Gasteiger partial charge on any atom is -0.428 e. The van der Waals surface area contributed by atoms with Gasteiger partial charge in [-0.15, -0.1) is 0 Å². The zero-order valence-corrected chi connectivity index (χ0v) is 15.5. The fourth-order valence-electron chi connectivity index (χ4n) is 2.69. The van der Waals surface area contributed by atoms with Crippen molar-refractivity contribution in [2.75, 3.05) is 12.0 Å². The number of aromatic nitrogens is 2. The van der Waals surface area contributed by atoms with Crippen molar-refractivity contribution in [3.8, 4) is 0 Å². The Balaban J connectivity index is 1.90. The van der Waals surface area contributed by atoms with E-state index in [0.717, 1.165) is 0 Å². The van der Waals surface area contributed by atoms with Crippen LogP contribution in [0.2, 0.25) is 5.02 Å². The van der Waals surface area contributed by atoms with Gasteiger partial charge in [0.05, 0.1) is 18.1 Å². The van der Waals surface area contributed by atoms with Gasteiger partial charge >= 0.3 is 0 Å². The van der Waals surface area contributed by atoms with Gasteiger partial charge in [-0.3, -0.25) is 9.78 Å². The highest BCUT2D eigenvalue weighted by Gasteiger charge is 2.32. The number of benzene rings is 1. The van der Waals surface area contributed by atoms with E-state index in [1.54, 1.807) is 25.1 Å². The number of nitrogens with two attached hydrogens (primary N) is 1. The van der Waals surface area contributed by atoms with Gasteiger partial charge in [0.15, 0.2) is 0 Å². The Hall–Kier alpha value is -3.07. The van der Waals surface area contributed by atoms with Crippen LogP contribution in [0.4, 0.5) is 14.5 Å². The van der Waals surface area contributed by atoms with Crippen molar-refractivity contribution in [2.24, 2.45) is 10.7 Å². The summed E-state index contributed by atoms with van der Waals surface area (Å²) in [6.07, 6.45) is 3.84. The Bertz CT molecular complexity index is 965. The van der Waals surface area contributed by atoms with E-state index < -0.39 is 24.8 Å². The van der Waals surface area contributed by atoms with Crippen molar-refractivity contribution < 1.29 is 18.3 Å². The lowest BCUT2D eigenvalue weighted by molar-refractivity contribution is 0.102. The second kappa shape index (κ2) is 7.89. The van der Waals surface area contributed by atoms with E-state index in [9.17, 15) is 13.6 Å². The van der Waals surface area contributed by atoms with Crippen molar-refractivity contribution in [3.63, 3.8) is 0 Å². The van der Waals surface area contributed by atoms with Gasteiger partial charge in [-0.1, -0.05) is 11.6 Å². The van der Waals surface area contributed by atoms with E-state index in [1.165, 1.54) is 18.5 Å². The molecular weight excluding hydrogens is 392 g/mol. The molecule has 1 aromatic carbocycles. The molecule has 0 fully saturated rings. The monoisotopic (exact) mass is 407 g/mol. The largest absolute Gasteiger partial charge is 0.428 e. The van der Waals surface area contributed by atoms with Crippen LogP contribution >= 0.6 is 11.6 Å². The molecule has 0 bridgehead atoms. The normalized spacial score (nSPS) is 18.7. The molecule has 3 rings (SSSR count). The molecule has 1 atom stereocenters. The number of nitrogens with zero attached hydrogens (tertiary/aromatic N) is 3. The first-order valence-electron chi connectivity index (χ1n) is 8.14. The summed E-state index contributed by atoms with van der Waals surface area (Å²) in [5.74, 6) is -0.518. The molecule has 0 saturated heterocycles. The van der Waals surface area contributed by atoms with E-state index >= 15 is 0 Å². The van der Waals surface area contributed by atoms with Gasteiger partial charge in [-0.05, 0) is 31.2 Å². The maximum absolute atomic E-state index is 13.1. The van der Waals surface area contributed by atoms with E-state index in [0.29, 0.717) is 16.3 Å². The van der Waals surface area contributed by atoms with Crippen LogP contribution in [0.3, 0.4) is 0 Å². The molecule has 1 aromatic heterocycles. The summed E-state index contributed by atoms with van der Waals surface area (Å²) in [5.41, 5.74) is 5.61. The summed E-state index contributed by atoms with van der Waals surface area (Å²) in [6, 6.07) is 4.56. The lowest BCUT2D eigenvalue weighted by atomic mass is 9.90. The Morgan fingerprint density at radius 1 is 1.29 bits per heavy atom. The molecule has 3 N–H and O–H groups in total. The average molecular weight is 408 g/mol. The number of halogens is 3. The lowest BCUT2D eigenvalue weighted by Crippen LogP contribution is -2.30. The number of amides is 1. The highest BCUT2D eigenvalue weighted by molar-refractivity contribution is 6.31. The second-order valence-corrected chi connectivity index (χ2v) is 6.53. The molecular formula is C18H16ClF2N5O2. The van der Waals surface area contributed by atoms with Crippen LogP contribution in [0.5, 0.6) is 0 Å².